The van der Waals surface area contributed by atoms with Crippen molar-refractivity contribution >= 4 is 11.8 Å². The van der Waals surface area contributed by atoms with Crippen LogP contribution in [0.1, 0.15) is 19.3 Å². The molecule has 0 radical (unpaired) electrons. The lowest BCUT2D eigenvalue weighted by Gasteiger charge is -2.26. The van der Waals surface area contributed by atoms with Crippen LogP contribution < -0.4 is 5.32 Å². The number of nitrogens with zero attached hydrogens (tertiary/aromatic N) is 4. The molecule has 1 aliphatic rings. The second-order valence-electron chi connectivity index (χ2n) is 4.47. The van der Waals surface area contributed by atoms with E-state index in [1.165, 1.54) is 23.4 Å². The molecule has 0 spiro atoms. The first-order chi connectivity index (χ1) is 9.16. The van der Waals surface area contributed by atoms with Crippen molar-refractivity contribution in [2.24, 2.45) is 0 Å². The van der Waals surface area contributed by atoms with Crippen LogP contribution in [-0.4, -0.2) is 45.3 Å². The zero-order chi connectivity index (χ0) is 13.7. The van der Waals surface area contributed by atoms with Crippen LogP contribution in [0, 0.1) is 10.1 Å². The Balaban J connectivity index is 1.73. The SMILES string of the molecule is O=C(NCCn1ccc([N+](=O)[O-])n1)N1CCCCC1. The van der Waals surface area contributed by atoms with Gasteiger partial charge in [0.15, 0.2) is 0 Å². The van der Waals surface area contributed by atoms with Crippen LogP contribution in [0.4, 0.5) is 10.6 Å². The predicted octanol–water partition coefficient (Wildman–Crippen LogP) is 0.987. The minimum absolute atomic E-state index is 0.0682. The molecule has 8 nitrogen and oxygen atoms in total. The number of amides is 2. The van der Waals surface area contributed by atoms with E-state index in [-0.39, 0.29) is 11.8 Å². The molecule has 1 aliphatic heterocycles. The van der Waals surface area contributed by atoms with Crippen LogP contribution in [0.3, 0.4) is 0 Å². The number of nitrogens with one attached hydrogen (secondary N) is 1. The standard InChI is InChI=1S/C11H17N5O3/c17-11(14-6-2-1-3-7-14)12-5-9-15-8-4-10(13-15)16(18)19/h4,8H,1-3,5-7,9H2,(H,12,17). The largest absolute Gasteiger partial charge is 0.389 e. The van der Waals surface area contributed by atoms with Crippen LogP contribution in [0.15, 0.2) is 12.3 Å². The first-order valence-corrected chi connectivity index (χ1v) is 6.37. The molecular weight excluding hydrogens is 250 g/mol. The van der Waals surface area contributed by atoms with Crippen LogP contribution in [0.2, 0.25) is 0 Å². The summed E-state index contributed by atoms with van der Waals surface area (Å²) < 4.78 is 1.45. The molecular formula is C11H17N5O3. The van der Waals surface area contributed by atoms with Gasteiger partial charge in [-0.1, -0.05) is 0 Å². The Morgan fingerprint density at radius 3 is 2.79 bits per heavy atom. The van der Waals surface area contributed by atoms with Crippen LogP contribution in [0.25, 0.3) is 0 Å². The minimum atomic E-state index is -0.539. The summed E-state index contributed by atoms with van der Waals surface area (Å²) in [5.41, 5.74) is 0. The third-order valence-electron chi connectivity index (χ3n) is 3.07. The number of hydrogen-bond acceptors (Lipinski definition) is 4. The van der Waals surface area contributed by atoms with Gasteiger partial charge in [-0.15, -0.1) is 0 Å². The number of urea groups is 1. The van der Waals surface area contributed by atoms with Gasteiger partial charge in [-0.25, -0.2) is 4.79 Å². The summed E-state index contributed by atoms with van der Waals surface area (Å²) in [6.45, 7) is 2.44. The Kier molecular flexibility index (Phi) is 4.32. The van der Waals surface area contributed by atoms with Crippen molar-refractivity contribution in [2.45, 2.75) is 25.8 Å². The molecule has 0 aromatic carbocycles. The fraction of sp³-hybridized carbons (Fsp3) is 0.636. The molecule has 1 saturated heterocycles. The van der Waals surface area contributed by atoms with Crippen molar-refractivity contribution in [3.05, 3.63) is 22.4 Å². The van der Waals surface area contributed by atoms with E-state index in [1.54, 1.807) is 4.90 Å². The Morgan fingerprint density at radius 1 is 1.42 bits per heavy atom. The van der Waals surface area contributed by atoms with Crippen LogP contribution in [-0.2, 0) is 6.54 Å². The van der Waals surface area contributed by atoms with E-state index >= 15 is 0 Å². The normalized spacial score (nSPS) is 15.3. The minimum Gasteiger partial charge on any atom is -0.358 e. The maximum absolute atomic E-state index is 11.8. The zero-order valence-electron chi connectivity index (χ0n) is 10.6. The first-order valence-electron chi connectivity index (χ1n) is 6.37. The molecule has 0 saturated carbocycles. The number of likely N-dealkylation sites (tertiary alicyclic amines) is 1. The molecule has 1 aromatic rings. The summed E-state index contributed by atoms with van der Waals surface area (Å²) in [4.78, 5) is 23.5. The number of nitro groups is 1. The highest BCUT2D eigenvalue weighted by atomic mass is 16.6. The van der Waals surface area contributed by atoms with E-state index < -0.39 is 4.92 Å². The van der Waals surface area contributed by atoms with Crippen molar-refractivity contribution in [1.82, 2.24) is 20.0 Å². The number of rotatable bonds is 4. The van der Waals surface area contributed by atoms with Gasteiger partial charge >= 0.3 is 11.8 Å². The highest BCUT2D eigenvalue weighted by Gasteiger charge is 2.16. The fourth-order valence-electron chi connectivity index (χ4n) is 2.06. The maximum Gasteiger partial charge on any atom is 0.389 e. The van der Waals surface area contributed by atoms with Gasteiger partial charge in [0, 0.05) is 19.6 Å². The molecule has 1 fully saturated rings. The van der Waals surface area contributed by atoms with E-state index in [1.807, 2.05) is 0 Å². The quantitative estimate of drug-likeness (QED) is 0.650. The monoisotopic (exact) mass is 267 g/mol. The molecule has 1 N–H and O–H groups in total. The summed E-state index contributed by atoms with van der Waals surface area (Å²) in [6.07, 6.45) is 4.82. The number of piperidine rings is 1. The highest BCUT2D eigenvalue weighted by molar-refractivity contribution is 5.74. The molecule has 1 aromatic heterocycles. The summed E-state index contributed by atoms with van der Waals surface area (Å²) in [5, 5.41) is 17.0. The Hall–Kier alpha value is -2.12. The van der Waals surface area contributed by atoms with Crippen LogP contribution in [0.5, 0.6) is 0 Å². The van der Waals surface area contributed by atoms with E-state index in [0.29, 0.717) is 13.1 Å². The van der Waals surface area contributed by atoms with E-state index in [9.17, 15) is 14.9 Å². The number of carbonyl (C=O) groups excluding carboxylic acids is 1. The second kappa shape index (κ2) is 6.17. The Bertz CT molecular complexity index is 453. The van der Waals surface area contributed by atoms with Crippen molar-refractivity contribution in [1.29, 1.82) is 0 Å². The van der Waals surface area contributed by atoms with Gasteiger partial charge < -0.3 is 20.3 Å². The lowest BCUT2D eigenvalue weighted by molar-refractivity contribution is -0.389. The Morgan fingerprint density at radius 2 is 2.16 bits per heavy atom. The van der Waals surface area contributed by atoms with Gasteiger partial charge in [0.1, 0.15) is 0 Å². The highest BCUT2D eigenvalue weighted by Crippen LogP contribution is 2.08. The third kappa shape index (κ3) is 3.67. The van der Waals surface area contributed by atoms with Crippen molar-refractivity contribution < 1.29 is 9.72 Å². The Labute approximate surface area is 110 Å². The lowest BCUT2D eigenvalue weighted by Crippen LogP contribution is -2.43. The molecule has 2 rings (SSSR count). The van der Waals surface area contributed by atoms with Gasteiger partial charge in [-0.05, 0) is 24.2 Å². The fourth-order valence-corrected chi connectivity index (χ4v) is 2.06. The van der Waals surface area contributed by atoms with Gasteiger partial charge in [0.25, 0.3) is 0 Å². The average molecular weight is 267 g/mol. The molecule has 0 atom stereocenters. The van der Waals surface area contributed by atoms with Gasteiger partial charge in [0.2, 0.25) is 0 Å². The first kappa shape index (κ1) is 13.3. The molecule has 0 bridgehead atoms. The molecule has 2 amide bonds. The smallest absolute Gasteiger partial charge is 0.358 e. The molecule has 0 aliphatic carbocycles. The average Bonchev–Trinajstić information content (AvgIpc) is 2.89. The maximum atomic E-state index is 11.8. The molecule has 104 valence electrons. The molecule has 0 unspecified atom stereocenters. The van der Waals surface area contributed by atoms with Crippen molar-refractivity contribution in [2.75, 3.05) is 19.6 Å². The van der Waals surface area contributed by atoms with Crippen molar-refractivity contribution in [3.8, 4) is 0 Å². The third-order valence-corrected chi connectivity index (χ3v) is 3.07. The zero-order valence-corrected chi connectivity index (χ0v) is 10.6. The summed E-state index contributed by atoms with van der Waals surface area (Å²) in [5.74, 6) is -0.178. The van der Waals surface area contributed by atoms with Gasteiger partial charge in [-0.3, -0.25) is 0 Å². The number of carbonyl (C=O) groups is 1. The van der Waals surface area contributed by atoms with E-state index in [4.69, 9.17) is 0 Å². The summed E-state index contributed by atoms with van der Waals surface area (Å²) in [7, 11) is 0. The van der Waals surface area contributed by atoms with Crippen LogP contribution >= 0.6 is 0 Å². The van der Waals surface area contributed by atoms with Crippen molar-refractivity contribution in [3.63, 3.8) is 0 Å². The summed E-state index contributed by atoms with van der Waals surface area (Å²) in [6, 6.07) is 1.27. The topological polar surface area (TPSA) is 93.3 Å². The molecule has 8 heteroatoms. The number of aromatic nitrogens is 2. The van der Waals surface area contributed by atoms with E-state index in [2.05, 4.69) is 10.4 Å². The predicted molar refractivity (Wildman–Crippen MR) is 67.7 cm³/mol. The van der Waals surface area contributed by atoms with Gasteiger partial charge in [-0.2, -0.15) is 4.68 Å². The molecule has 2 heterocycles. The number of hydrogen-bond donors (Lipinski definition) is 1. The van der Waals surface area contributed by atoms with Gasteiger partial charge in [0.05, 0.1) is 23.9 Å². The van der Waals surface area contributed by atoms with E-state index in [0.717, 1.165) is 25.9 Å². The lowest BCUT2D eigenvalue weighted by atomic mass is 10.1. The second-order valence-corrected chi connectivity index (χ2v) is 4.47. The molecule has 19 heavy (non-hydrogen) atoms. The summed E-state index contributed by atoms with van der Waals surface area (Å²) >= 11 is 0.